The summed E-state index contributed by atoms with van der Waals surface area (Å²) in [5, 5.41) is 7.90. The van der Waals surface area contributed by atoms with Crippen molar-refractivity contribution in [2.45, 2.75) is 23.7 Å². The van der Waals surface area contributed by atoms with E-state index in [1.807, 2.05) is 0 Å². The van der Waals surface area contributed by atoms with Gasteiger partial charge in [-0.15, -0.1) is 10.6 Å². The molecule has 38 heavy (non-hydrogen) atoms. The van der Waals surface area contributed by atoms with Gasteiger partial charge in [-0.05, 0) is 46.2 Å². The first-order valence-electron chi connectivity index (χ1n) is 12.9. The lowest BCUT2D eigenvalue weighted by molar-refractivity contribution is 0.183. The number of nitrogens with zero attached hydrogens (tertiary/aromatic N) is 2. The zero-order chi connectivity index (χ0) is 25.8. The molecule has 4 aromatic rings. The molecule has 0 spiro atoms. The van der Waals surface area contributed by atoms with E-state index in [2.05, 4.69) is 159 Å². The molecule has 5 heteroatoms. The second-order valence-electron chi connectivity index (χ2n) is 9.45. The molecular weight excluding hydrogens is 532 g/mol. The van der Waals surface area contributed by atoms with Gasteiger partial charge in [-0.25, -0.2) is 5.53 Å². The fourth-order valence-corrected chi connectivity index (χ4v) is 5.89. The Morgan fingerprint density at radius 1 is 0.658 bits per heavy atom. The van der Waals surface area contributed by atoms with Crippen LogP contribution in [-0.4, -0.2) is 10.8 Å². The quantitative estimate of drug-likeness (QED) is 0.184. The first-order valence-corrected chi connectivity index (χ1v) is 14.1. The molecule has 0 radical (unpaired) electrons. The fourth-order valence-electron chi connectivity index (χ4n) is 5.51. The summed E-state index contributed by atoms with van der Waals surface area (Å²) in [6, 6.07) is 40.8. The Morgan fingerprint density at radius 2 is 1.16 bits per heavy atom. The number of alkyl halides is 1. The van der Waals surface area contributed by atoms with Crippen LogP contribution in [-0.2, 0) is 10.9 Å². The van der Waals surface area contributed by atoms with E-state index in [0.717, 1.165) is 46.3 Å². The van der Waals surface area contributed by atoms with E-state index >= 15 is 0 Å². The Morgan fingerprint density at radius 3 is 1.66 bits per heavy atom. The number of allylic oxidation sites excluding steroid dienone is 2. The third-order valence-corrected chi connectivity index (χ3v) is 7.91. The SMILES string of the molecule is BrCc1ccc(C2=CCCC=C2C2=NNNN2C(c2ccccc2)(c2ccccc2)c2ccccc2)cc1. The maximum Gasteiger partial charge on any atom is 0.174 e. The van der Waals surface area contributed by atoms with Crippen LogP contribution in [0.2, 0.25) is 0 Å². The van der Waals surface area contributed by atoms with E-state index in [9.17, 15) is 0 Å². The molecule has 1 aliphatic carbocycles. The second kappa shape index (κ2) is 10.8. The molecule has 0 amide bonds. The van der Waals surface area contributed by atoms with Crippen molar-refractivity contribution in [3.63, 3.8) is 0 Å². The van der Waals surface area contributed by atoms with Crippen molar-refractivity contribution in [1.82, 2.24) is 16.1 Å². The van der Waals surface area contributed by atoms with E-state index < -0.39 is 5.54 Å². The standard InChI is InChI=1S/C33H29BrN4/c34-24-25-20-22-26(23-21-25)30-18-10-11-19-31(30)32-35-36-37-38(32)33(27-12-4-1-5-13-27,28-14-6-2-7-15-28)29-16-8-3-9-17-29/h1-9,12-23,36-37H,10-11,24H2. The lowest BCUT2D eigenvalue weighted by Crippen LogP contribution is -2.56. The van der Waals surface area contributed by atoms with Crippen LogP contribution in [0.1, 0.15) is 40.7 Å². The Kier molecular flexibility index (Phi) is 6.95. The Hall–Kier alpha value is -3.93. The number of hydrazine groups is 2. The lowest BCUT2D eigenvalue weighted by Gasteiger charge is -2.44. The average molecular weight is 562 g/mol. The second-order valence-corrected chi connectivity index (χ2v) is 10.0. The summed E-state index contributed by atoms with van der Waals surface area (Å²) >= 11 is 3.57. The summed E-state index contributed by atoms with van der Waals surface area (Å²) in [6.07, 6.45) is 6.64. The highest BCUT2D eigenvalue weighted by Gasteiger charge is 2.47. The summed E-state index contributed by atoms with van der Waals surface area (Å²) in [6.45, 7) is 0. The van der Waals surface area contributed by atoms with Gasteiger partial charge in [0.1, 0.15) is 5.54 Å². The van der Waals surface area contributed by atoms with Crippen molar-refractivity contribution in [2.75, 3.05) is 0 Å². The van der Waals surface area contributed by atoms with Crippen molar-refractivity contribution in [2.24, 2.45) is 5.10 Å². The van der Waals surface area contributed by atoms with Gasteiger partial charge in [0.25, 0.3) is 0 Å². The molecule has 0 saturated heterocycles. The van der Waals surface area contributed by atoms with Crippen LogP contribution in [0.15, 0.2) is 138 Å². The number of hydrogen-bond acceptors (Lipinski definition) is 4. The third kappa shape index (κ3) is 4.28. The number of nitrogens with one attached hydrogen (secondary N) is 2. The number of benzene rings is 4. The highest BCUT2D eigenvalue weighted by Crippen LogP contribution is 2.44. The molecule has 6 rings (SSSR count). The first kappa shape index (κ1) is 24.4. The van der Waals surface area contributed by atoms with Gasteiger partial charge in [0.15, 0.2) is 5.84 Å². The molecule has 0 atom stereocenters. The molecule has 4 nitrogen and oxygen atoms in total. The maximum atomic E-state index is 4.86. The van der Waals surface area contributed by atoms with Crippen LogP contribution in [0, 0.1) is 0 Å². The lowest BCUT2D eigenvalue weighted by atomic mass is 9.75. The minimum absolute atomic E-state index is 0.685. The average Bonchev–Trinajstić information content (AvgIpc) is 3.49. The largest absolute Gasteiger partial charge is 0.251 e. The monoisotopic (exact) mass is 560 g/mol. The van der Waals surface area contributed by atoms with Crippen LogP contribution in [0.5, 0.6) is 0 Å². The van der Waals surface area contributed by atoms with E-state index in [1.54, 1.807) is 0 Å². The van der Waals surface area contributed by atoms with Crippen LogP contribution in [0.25, 0.3) is 5.57 Å². The van der Waals surface area contributed by atoms with E-state index in [-0.39, 0.29) is 0 Å². The van der Waals surface area contributed by atoms with Crippen LogP contribution in [0.3, 0.4) is 0 Å². The summed E-state index contributed by atoms with van der Waals surface area (Å²) in [4.78, 5) is 0. The third-order valence-electron chi connectivity index (χ3n) is 7.26. The molecule has 0 saturated carbocycles. The molecule has 0 bridgehead atoms. The minimum atomic E-state index is -0.685. The molecule has 2 aliphatic rings. The molecule has 4 aromatic carbocycles. The van der Waals surface area contributed by atoms with Crippen molar-refractivity contribution in [3.05, 3.63) is 161 Å². The van der Waals surface area contributed by atoms with Crippen molar-refractivity contribution >= 4 is 27.3 Å². The smallest absolute Gasteiger partial charge is 0.174 e. The molecular formula is C33H29BrN4. The Balaban J connectivity index is 1.54. The van der Waals surface area contributed by atoms with Gasteiger partial charge in [0.05, 0.1) is 0 Å². The Bertz CT molecular complexity index is 1380. The molecule has 2 N–H and O–H groups in total. The molecule has 188 valence electrons. The maximum absolute atomic E-state index is 4.86. The van der Waals surface area contributed by atoms with Crippen LogP contribution < -0.4 is 11.1 Å². The summed E-state index contributed by atoms with van der Waals surface area (Å²) in [5.74, 6) is 0.858. The van der Waals surface area contributed by atoms with Gasteiger partial charge >= 0.3 is 0 Å². The molecule has 0 unspecified atom stereocenters. The topological polar surface area (TPSA) is 39.7 Å². The predicted octanol–water partition coefficient (Wildman–Crippen LogP) is 7.32. The number of halogens is 1. The highest BCUT2D eigenvalue weighted by molar-refractivity contribution is 9.08. The van der Waals surface area contributed by atoms with Gasteiger partial charge in [0, 0.05) is 10.9 Å². The molecule has 1 aliphatic heterocycles. The van der Waals surface area contributed by atoms with Gasteiger partial charge in [-0.1, -0.05) is 143 Å². The normalized spacial score (nSPS) is 15.4. The van der Waals surface area contributed by atoms with Crippen molar-refractivity contribution < 1.29 is 0 Å². The van der Waals surface area contributed by atoms with E-state index in [4.69, 9.17) is 5.10 Å². The van der Waals surface area contributed by atoms with E-state index in [1.165, 1.54) is 16.7 Å². The predicted molar refractivity (Wildman–Crippen MR) is 159 cm³/mol. The zero-order valence-corrected chi connectivity index (χ0v) is 22.6. The van der Waals surface area contributed by atoms with Crippen LogP contribution >= 0.6 is 15.9 Å². The minimum Gasteiger partial charge on any atom is -0.251 e. The van der Waals surface area contributed by atoms with Crippen LogP contribution in [0.4, 0.5) is 0 Å². The van der Waals surface area contributed by atoms with Gasteiger partial charge in [0.2, 0.25) is 0 Å². The van der Waals surface area contributed by atoms with Crippen molar-refractivity contribution in [1.29, 1.82) is 0 Å². The molecule has 1 heterocycles. The number of hydrazone groups is 1. The van der Waals surface area contributed by atoms with Gasteiger partial charge < -0.3 is 0 Å². The number of amidine groups is 1. The summed E-state index contributed by atoms with van der Waals surface area (Å²) < 4.78 is 0. The number of rotatable bonds is 7. The number of hydrogen-bond donors (Lipinski definition) is 2. The van der Waals surface area contributed by atoms with Gasteiger partial charge in [-0.3, -0.25) is 5.01 Å². The summed E-state index contributed by atoms with van der Waals surface area (Å²) in [5.41, 5.74) is 14.1. The Labute approximate surface area is 232 Å². The molecule has 0 fully saturated rings. The van der Waals surface area contributed by atoms with Crippen molar-refractivity contribution in [3.8, 4) is 0 Å². The van der Waals surface area contributed by atoms with Gasteiger partial charge in [-0.2, -0.15) is 0 Å². The first-order chi connectivity index (χ1) is 18.8. The summed E-state index contributed by atoms with van der Waals surface area (Å²) in [7, 11) is 0. The zero-order valence-electron chi connectivity index (χ0n) is 21.0. The fraction of sp³-hybridized carbons (Fsp3) is 0.121. The molecule has 0 aromatic heterocycles. The van der Waals surface area contributed by atoms with E-state index in [0.29, 0.717) is 0 Å². The highest BCUT2D eigenvalue weighted by atomic mass is 79.9.